The van der Waals surface area contributed by atoms with E-state index < -0.39 is 0 Å². The molecule has 27 heavy (non-hydrogen) atoms. The van der Waals surface area contributed by atoms with Crippen molar-refractivity contribution < 1.29 is 4.39 Å². The zero-order chi connectivity index (χ0) is 18.5. The van der Waals surface area contributed by atoms with Gasteiger partial charge in [-0.2, -0.15) is 0 Å². The minimum atomic E-state index is -0.209. The number of nitrogens with zero attached hydrogens (tertiary/aromatic N) is 5. The zero-order valence-electron chi connectivity index (χ0n) is 15.9. The second-order valence-electron chi connectivity index (χ2n) is 7.01. The lowest BCUT2D eigenvalue weighted by atomic mass is 10.2. The average molecular weight is 486 g/mol. The van der Waals surface area contributed by atoms with Crippen molar-refractivity contribution in [2.24, 2.45) is 16.6 Å². The van der Waals surface area contributed by atoms with Gasteiger partial charge in [0.1, 0.15) is 18.2 Å². The summed E-state index contributed by atoms with van der Waals surface area (Å²) in [6.45, 7) is 9.06. The van der Waals surface area contributed by atoms with Crippen LogP contribution in [-0.2, 0) is 13.1 Å². The van der Waals surface area contributed by atoms with Crippen molar-refractivity contribution >= 4 is 35.6 Å². The SMILES string of the molecule is CC(C)Cn1ccnc1CN=C(N)N1CCN(c2ccc(F)cc2)CC1.I. The lowest BCUT2D eigenvalue weighted by molar-refractivity contribution is 0.380. The molecular weight excluding hydrogens is 458 g/mol. The van der Waals surface area contributed by atoms with Crippen molar-refractivity contribution in [3.05, 3.63) is 48.3 Å². The Kier molecular flexibility index (Phi) is 7.88. The van der Waals surface area contributed by atoms with E-state index in [9.17, 15) is 4.39 Å². The summed E-state index contributed by atoms with van der Waals surface area (Å²) >= 11 is 0. The molecular formula is C19H28FIN6. The Morgan fingerprint density at radius 2 is 1.85 bits per heavy atom. The average Bonchev–Trinajstić information content (AvgIpc) is 3.07. The number of nitrogens with two attached hydrogens (primary N) is 1. The minimum absolute atomic E-state index is 0. The summed E-state index contributed by atoms with van der Waals surface area (Å²) in [5.74, 6) is 1.85. The molecule has 8 heteroatoms. The molecule has 1 fully saturated rings. The van der Waals surface area contributed by atoms with Crippen LogP contribution in [0.1, 0.15) is 19.7 Å². The van der Waals surface area contributed by atoms with Gasteiger partial charge in [0.2, 0.25) is 0 Å². The quantitative estimate of drug-likeness (QED) is 0.401. The summed E-state index contributed by atoms with van der Waals surface area (Å²) < 4.78 is 15.2. The predicted octanol–water partition coefficient (Wildman–Crippen LogP) is 2.93. The molecule has 0 bridgehead atoms. The third-order valence-corrected chi connectivity index (χ3v) is 4.54. The van der Waals surface area contributed by atoms with Gasteiger partial charge in [0.15, 0.2) is 5.96 Å². The first kappa shape index (κ1) is 21.5. The molecule has 1 aliphatic heterocycles. The fourth-order valence-corrected chi connectivity index (χ4v) is 3.15. The summed E-state index contributed by atoms with van der Waals surface area (Å²) in [6, 6.07) is 6.63. The van der Waals surface area contributed by atoms with E-state index in [4.69, 9.17) is 5.73 Å². The molecule has 1 saturated heterocycles. The number of benzene rings is 1. The van der Waals surface area contributed by atoms with Crippen LogP contribution in [-0.4, -0.2) is 46.6 Å². The molecule has 1 aromatic carbocycles. The maximum absolute atomic E-state index is 13.1. The molecule has 6 nitrogen and oxygen atoms in total. The first-order chi connectivity index (χ1) is 12.5. The Morgan fingerprint density at radius 1 is 1.19 bits per heavy atom. The summed E-state index contributed by atoms with van der Waals surface area (Å²) in [5.41, 5.74) is 7.23. The smallest absolute Gasteiger partial charge is 0.191 e. The Balaban J connectivity index is 0.00000261. The molecule has 0 spiro atoms. The van der Waals surface area contributed by atoms with Gasteiger partial charge < -0.3 is 20.1 Å². The monoisotopic (exact) mass is 486 g/mol. The van der Waals surface area contributed by atoms with Gasteiger partial charge in [-0.15, -0.1) is 24.0 Å². The fourth-order valence-electron chi connectivity index (χ4n) is 3.15. The lowest BCUT2D eigenvalue weighted by Gasteiger charge is -2.36. The molecule has 0 radical (unpaired) electrons. The molecule has 0 saturated carbocycles. The van der Waals surface area contributed by atoms with Gasteiger partial charge in [-0.1, -0.05) is 13.8 Å². The van der Waals surface area contributed by atoms with E-state index in [1.165, 1.54) is 12.1 Å². The van der Waals surface area contributed by atoms with Crippen molar-refractivity contribution in [1.29, 1.82) is 0 Å². The number of imidazole rings is 1. The highest BCUT2D eigenvalue weighted by Gasteiger charge is 2.18. The van der Waals surface area contributed by atoms with Crippen molar-refractivity contribution in [1.82, 2.24) is 14.5 Å². The van der Waals surface area contributed by atoms with Gasteiger partial charge in [-0.25, -0.2) is 14.4 Å². The normalized spacial score (nSPS) is 15.2. The first-order valence-corrected chi connectivity index (χ1v) is 9.08. The molecule has 148 valence electrons. The molecule has 1 aliphatic rings. The zero-order valence-corrected chi connectivity index (χ0v) is 18.2. The minimum Gasteiger partial charge on any atom is -0.370 e. The van der Waals surface area contributed by atoms with Crippen molar-refractivity contribution in [3.63, 3.8) is 0 Å². The van der Waals surface area contributed by atoms with Crippen LogP contribution in [0.4, 0.5) is 10.1 Å². The maximum atomic E-state index is 13.1. The number of rotatable bonds is 5. The maximum Gasteiger partial charge on any atom is 0.191 e. The topological polar surface area (TPSA) is 62.7 Å². The molecule has 3 rings (SSSR count). The van der Waals surface area contributed by atoms with Crippen molar-refractivity contribution in [2.45, 2.75) is 26.9 Å². The number of hydrogen-bond acceptors (Lipinski definition) is 3. The van der Waals surface area contributed by atoms with Crippen LogP contribution >= 0.6 is 24.0 Å². The summed E-state index contributed by atoms with van der Waals surface area (Å²) in [5, 5.41) is 0. The van der Waals surface area contributed by atoms with Crippen LogP contribution in [0.2, 0.25) is 0 Å². The third-order valence-electron chi connectivity index (χ3n) is 4.54. The molecule has 2 N–H and O–H groups in total. The molecule has 0 aliphatic carbocycles. The van der Waals surface area contributed by atoms with Crippen LogP contribution in [0.15, 0.2) is 41.7 Å². The molecule has 2 heterocycles. The Bertz CT molecular complexity index is 735. The number of anilines is 1. The Labute approximate surface area is 177 Å². The van der Waals surface area contributed by atoms with Gasteiger partial charge in [0.25, 0.3) is 0 Å². The second kappa shape index (κ2) is 9.91. The number of aliphatic imine (C=N–C) groups is 1. The van der Waals surface area contributed by atoms with Gasteiger partial charge >= 0.3 is 0 Å². The molecule has 0 atom stereocenters. The lowest BCUT2D eigenvalue weighted by Crippen LogP contribution is -2.51. The van der Waals surface area contributed by atoms with Gasteiger partial charge in [0.05, 0.1) is 0 Å². The van der Waals surface area contributed by atoms with Gasteiger partial charge in [-0.05, 0) is 30.2 Å². The number of piperazine rings is 1. The molecule has 1 aromatic heterocycles. The third kappa shape index (κ3) is 5.82. The van der Waals surface area contributed by atoms with E-state index in [2.05, 4.69) is 38.2 Å². The van der Waals surface area contributed by atoms with E-state index in [-0.39, 0.29) is 29.8 Å². The summed E-state index contributed by atoms with van der Waals surface area (Å²) in [7, 11) is 0. The molecule has 2 aromatic rings. The van der Waals surface area contributed by atoms with Crippen molar-refractivity contribution in [3.8, 4) is 0 Å². The standard InChI is InChI=1S/C19H27FN6.HI/c1-15(2)14-26-8-7-22-18(26)13-23-19(21)25-11-9-24(10-12-25)17-5-3-16(20)4-6-17;/h3-8,15H,9-14H2,1-2H3,(H2,21,23);1H. The number of hydrogen-bond donors (Lipinski definition) is 1. The second-order valence-corrected chi connectivity index (χ2v) is 7.01. The van der Waals surface area contributed by atoms with Crippen molar-refractivity contribution in [2.75, 3.05) is 31.1 Å². The number of halogens is 2. The number of guanidine groups is 1. The van der Waals surface area contributed by atoms with E-state index in [1.54, 1.807) is 0 Å². The van der Waals surface area contributed by atoms with Crippen LogP contribution < -0.4 is 10.6 Å². The highest BCUT2D eigenvalue weighted by atomic mass is 127. The molecule has 0 unspecified atom stereocenters. The van der Waals surface area contributed by atoms with E-state index >= 15 is 0 Å². The highest BCUT2D eigenvalue weighted by molar-refractivity contribution is 14.0. The van der Waals surface area contributed by atoms with E-state index in [0.717, 1.165) is 44.2 Å². The first-order valence-electron chi connectivity index (χ1n) is 9.08. The van der Waals surface area contributed by atoms with Crippen LogP contribution in [0.3, 0.4) is 0 Å². The Morgan fingerprint density at radius 3 is 2.48 bits per heavy atom. The fraction of sp³-hybridized carbons (Fsp3) is 0.474. The summed E-state index contributed by atoms with van der Waals surface area (Å²) in [6.07, 6.45) is 3.80. The molecule has 0 amide bonds. The van der Waals surface area contributed by atoms with Gasteiger partial charge in [-0.3, -0.25) is 0 Å². The van der Waals surface area contributed by atoms with E-state index in [1.807, 2.05) is 24.5 Å². The largest absolute Gasteiger partial charge is 0.370 e. The predicted molar refractivity (Wildman–Crippen MR) is 118 cm³/mol. The van der Waals surface area contributed by atoms with E-state index in [0.29, 0.717) is 18.4 Å². The van der Waals surface area contributed by atoms with Gasteiger partial charge in [0, 0.05) is 50.8 Å². The summed E-state index contributed by atoms with van der Waals surface area (Å²) in [4.78, 5) is 13.3. The Hall–Kier alpha value is -1.84. The van der Waals surface area contributed by atoms with Crippen LogP contribution in [0.5, 0.6) is 0 Å². The van der Waals surface area contributed by atoms with Crippen LogP contribution in [0, 0.1) is 11.7 Å². The highest BCUT2D eigenvalue weighted by Crippen LogP contribution is 2.17. The van der Waals surface area contributed by atoms with Crippen LogP contribution in [0.25, 0.3) is 0 Å². The number of aromatic nitrogens is 2.